The van der Waals surface area contributed by atoms with Gasteiger partial charge in [-0.3, -0.25) is 0 Å². The lowest BCUT2D eigenvalue weighted by Crippen LogP contribution is -1.97. The lowest BCUT2D eigenvalue weighted by molar-refractivity contribution is 0.449. The van der Waals surface area contributed by atoms with Gasteiger partial charge in [0.1, 0.15) is 5.75 Å². The normalized spacial score (nSPS) is 10.3. The summed E-state index contributed by atoms with van der Waals surface area (Å²) in [6.07, 6.45) is 0. The Morgan fingerprint density at radius 1 is 1.12 bits per heavy atom. The Labute approximate surface area is 96.9 Å². The Hall–Kier alpha value is -2.17. The van der Waals surface area contributed by atoms with Crippen LogP contribution in [0.4, 0.5) is 14.5 Å². The Kier molecular flexibility index (Phi) is 2.91. The molecule has 0 bridgehead atoms. The molecule has 0 amide bonds. The van der Waals surface area contributed by atoms with E-state index in [-0.39, 0.29) is 11.6 Å². The molecule has 17 heavy (non-hydrogen) atoms. The van der Waals surface area contributed by atoms with E-state index in [2.05, 4.69) is 4.98 Å². The maximum Gasteiger partial charge on any atom is 0.242 e. The van der Waals surface area contributed by atoms with Gasteiger partial charge in [0.05, 0.1) is 5.69 Å². The minimum atomic E-state index is -0.978. The highest BCUT2D eigenvalue weighted by Gasteiger charge is 2.07. The molecule has 0 aliphatic carbocycles. The number of nitrogen functional groups attached to an aromatic ring is 1. The number of aromatic nitrogens is 1. The highest BCUT2D eigenvalue weighted by Crippen LogP contribution is 2.26. The number of hydrogen-bond acceptors (Lipinski definition) is 3. The van der Waals surface area contributed by atoms with Gasteiger partial charge in [-0.15, -0.1) is 0 Å². The Bertz CT molecular complexity index is 558. The van der Waals surface area contributed by atoms with Gasteiger partial charge < -0.3 is 10.5 Å². The van der Waals surface area contributed by atoms with Crippen LogP contribution in [0.1, 0.15) is 5.69 Å². The first kappa shape index (κ1) is 11.3. The van der Waals surface area contributed by atoms with Crippen molar-refractivity contribution in [2.45, 2.75) is 6.92 Å². The van der Waals surface area contributed by atoms with Crippen molar-refractivity contribution in [3.05, 3.63) is 47.7 Å². The zero-order chi connectivity index (χ0) is 12.4. The van der Waals surface area contributed by atoms with Crippen LogP contribution in [0.15, 0.2) is 30.3 Å². The minimum absolute atomic E-state index is 0.147. The number of rotatable bonds is 2. The molecular formula is C12H10F2N2O. The fourth-order valence-corrected chi connectivity index (χ4v) is 1.28. The molecule has 1 aromatic carbocycles. The maximum atomic E-state index is 13.0. The van der Waals surface area contributed by atoms with E-state index in [0.717, 1.165) is 17.8 Å². The maximum absolute atomic E-state index is 13.0. The van der Waals surface area contributed by atoms with Gasteiger partial charge in [0.2, 0.25) is 5.88 Å². The predicted octanol–water partition coefficient (Wildman–Crippen LogP) is 3.04. The number of benzene rings is 1. The standard InChI is InChI=1S/C12H10F2N2O/c1-7-2-5-11(15)12(16-7)17-8-3-4-9(13)10(14)6-8/h2-6H,15H2,1H3. The summed E-state index contributed by atoms with van der Waals surface area (Å²) in [6, 6.07) is 6.60. The van der Waals surface area contributed by atoms with E-state index in [4.69, 9.17) is 10.5 Å². The summed E-state index contributed by atoms with van der Waals surface area (Å²) in [6.45, 7) is 1.78. The summed E-state index contributed by atoms with van der Waals surface area (Å²) in [5, 5.41) is 0. The van der Waals surface area contributed by atoms with E-state index in [1.807, 2.05) is 0 Å². The van der Waals surface area contributed by atoms with E-state index in [1.165, 1.54) is 6.07 Å². The molecule has 0 saturated carbocycles. The zero-order valence-corrected chi connectivity index (χ0v) is 9.08. The molecule has 0 aliphatic rings. The fraction of sp³-hybridized carbons (Fsp3) is 0.0833. The summed E-state index contributed by atoms with van der Waals surface area (Å²) in [5.74, 6) is -1.58. The third-order valence-electron chi connectivity index (χ3n) is 2.13. The van der Waals surface area contributed by atoms with Gasteiger partial charge in [-0.2, -0.15) is 0 Å². The number of nitrogens with two attached hydrogens (primary N) is 1. The van der Waals surface area contributed by atoms with Crippen molar-refractivity contribution in [3.8, 4) is 11.6 Å². The molecule has 1 aromatic heterocycles. The van der Waals surface area contributed by atoms with Crippen molar-refractivity contribution in [1.82, 2.24) is 4.98 Å². The lowest BCUT2D eigenvalue weighted by Gasteiger charge is -2.08. The number of hydrogen-bond donors (Lipinski definition) is 1. The molecule has 0 unspecified atom stereocenters. The number of pyridine rings is 1. The topological polar surface area (TPSA) is 48.1 Å². The van der Waals surface area contributed by atoms with E-state index >= 15 is 0 Å². The molecule has 1 heterocycles. The molecular weight excluding hydrogens is 226 g/mol. The second-order valence-electron chi connectivity index (χ2n) is 3.52. The summed E-state index contributed by atoms with van der Waals surface area (Å²) in [5.41, 5.74) is 6.70. The number of aryl methyl sites for hydroxylation is 1. The Morgan fingerprint density at radius 3 is 2.59 bits per heavy atom. The number of anilines is 1. The highest BCUT2D eigenvalue weighted by molar-refractivity contribution is 5.49. The Balaban J connectivity index is 2.31. The first-order valence-electron chi connectivity index (χ1n) is 4.92. The third-order valence-corrected chi connectivity index (χ3v) is 2.13. The third kappa shape index (κ3) is 2.50. The average Bonchev–Trinajstić information content (AvgIpc) is 2.29. The van der Waals surface area contributed by atoms with Crippen LogP contribution in [-0.2, 0) is 0 Å². The second-order valence-corrected chi connectivity index (χ2v) is 3.52. The average molecular weight is 236 g/mol. The molecule has 0 atom stereocenters. The smallest absolute Gasteiger partial charge is 0.242 e. The molecule has 0 aliphatic heterocycles. The van der Waals surface area contributed by atoms with Gasteiger partial charge in [-0.05, 0) is 31.2 Å². The fourth-order valence-electron chi connectivity index (χ4n) is 1.28. The van der Waals surface area contributed by atoms with Crippen LogP contribution in [-0.4, -0.2) is 4.98 Å². The first-order valence-corrected chi connectivity index (χ1v) is 4.92. The molecule has 0 spiro atoms. The van der Waals surface area contributed by atoms with E-state index in [9.17, 15) is 8.78 Å². The summed E-state index contributed by atoms with van der Waals surface area (Å²) < 4.78 is 30.9. The number of ether oxygens (including phenoxy) is 1. The van der Waals surface area contributed by atoms with Crippen LogP contribution in [0.3, 0.4) is 0 Å². The number of halogens is 2. The minimum Gasteiger partial charge on any atom is -0.437 e. The van der Waals surface area contributed by atoms with Crippen molar-refractivity contribution in [2.24, 2.45) is 0 Å². The first-order chi connectivity index (χ1) is 8.06. The van der Waals surface area contributed by atoms with Crippen molar-refractivity contribution >= 4 is 5.69 Å². The molecule has 2 aromatic rings. The molecule has 2 N–H and O–H groups in total. The van der Waals surface area contributed by atoms with Crippen molar-refractivity contribution in [2.75, 3.05) is 5.73 Å². The lowest BCUT2D eigenvalue weighted by atomic mass is 10.3. The Morgan fingerprint density at radius 2 is 1.88 bits per heavy atom. The van der Waals surface area contributed by atoms with Crippen molar-refractivity contribution in [3.63, 3.8) is 0 Å². The van der Waals surface area contributed by atoms with Gasteiger partial charge in [0.15, 0.2) is 11.6 Å². The monoisotopic (exact) mass is 236 g/mol. The number of nitrogens with zero attached hydrogens (tertiary/aromatic N) is 1. The predicted molar refractivity (Wildman–Crippen MR) is 59.8 cm³/mol. The largest absolute Gasteiger partial charge is 0.437 e. The second kappa shape index (κ2) is 4.37. The molecule has 88 valence electrons. The molecule has 2 rings (SSSR count). The van der Waals surface area contributed by atoms with Crippen LogP contribution in [0.2, 0.25) is 0 Å². The van der Waals surface area contributed by atoms with Crippen LogP contribution < -0.4 is 10.5 Å². The molecule has 0 radical (unpaired) electrons. The quantitative estimate of drug-likeness (QED) is 0.871. The zero-order valence-electron chi connectivity index (χ0n) is 9.08. The van der Waals surface area contributed by atoms with Gasteiger partial charge in [-0.25, -0.2) is 13.8 Å². The summed E-state index contributed by atoms with van der Waals surface area (Å²) >= 11 is 0. The van der Waals surface area contributed by atoms with Gasteiger partial charge in [0, 0.05) is 11.8 Å². The van der Waals surface area contributed by atoms with Gasteiger partial charge >= 0.3 is 0 Å². The molecule has 3 nitrogen and oxygen atoms in total. The van der Waals surface area contributed by atoms with E-state index < -0.39 is 11.6 Å². The SMILES string of the molecule is Cc1ccc(N)c(Oc2ccc(F)c(F)c2)n1. The van der Waals surface area contributed by atoms with E-state index in [1.54, 1.807) is 19.1 Å². The van der Waals surface area contributed by atoms with E-state index in [0.29, 0.717) is 5.69 Å². The summed E-state index contributed by atoms with van der Waals surface area (Å²) in [4.78, 5) is 4.06. The summed E-state index contributed by atoms with van der Waals surface area (Å²) in [7, 11) is 0. The highest BCUT2D eigenvalue weighted by atomic mass is 19.2. The van der Waals surface area contributed by atoms with Gasteiger partial charge in [-0.1, -0.05) is 0 Å². The molecule has 0 fully saturated rings. The molecule has 5 heteroatoms. The van der Waals surface area contributed by atoms with Crippen LogP contribution in [0.25, 0.3) is 0 Å². The van der Waals surface area contributed by atoms with Gasteiger partial charge in [0.25, 0.3) is 0 Å². The van der Waals surface area contributed by atoms with Crippen molar-refractivity contribution < 1.29 is 13.5 Å². The van der Waals surface area contributed by atoms with Crippen LogP contribution >= 0.6 is 0 Å². The van der Waals surface area contributed by atoms with Crippen molar-refractivity contribution in [1.29, 1.82) is 0 Å². The van der Waals surface area contributed by atoms with Crippen LogP contribution in [0.5, 0.6) is 11.6 Å². The van der Waals surface area contributed by atoms with Crippen LogP contribution in [0, 0.1) is 18.6 Å². The molecule has 0 saturated heterocycles.